The lowest BCUT2D eigenvalue weighted by atomic mass is 9.99. The molecule has 2 aromatic rings. The van der Waals surface area contributed by atoms with E-state index in [1.54, 1.807) is 7.11 Å². The van der Waals surface area contributed by atoms with Crippen molar-refractivity contribution in [2.45, 2.75) is 58.6 Å². The average Bonchev–Trinajstić information content (AvgIpc) is 2.81. The Morgan fingerprint density at radius 1 is 1.29 bits per heavy atom. The third kappa shape index (κ3) is 3.97. The summed E-state index contributed by atoms with van der Waals surface area (Å²) < 4.78 is 11.2. The molecule has 1 unspecified atom stereocenters. The Balaban J connectivity index is 2.12. The highest BCUT2D eigenvalue weighted by Crippen LogP contribution is 2.25. The molecule has 0 aliphatic heterocycles. The molecule has 0 saturated carbocycles. The van der Waals surface area contributed by atoms with Crippen molar-refractivity contribution in [3.8, 4) is 0 Å². The number of ether oxygens (including phenoxy) is 1. The van der Waals surface area contributed by atoms with Crippen LogP contribution in [0.4, 0.5) is 5.69 Å². The van der Waals surface area contributed by atoms with E-state index >= 15 is 0 Å². The van der Waals surface area contributed by atoms with Gasteiger partial charge in [-0.1, -0.05) is 13.8 Å². The maximum absolute atomic E-state index is 5.73. The first-order valence-electron chi connectivity index (χ1n) is 7.53. The number of nitrogens with one attached hydrogen (secondary N) is 1. The molecule has 0 aliphatic rings. The highest BCUT2D eigenvalue weighted by atomic mass is 16.5. The third-order valence-corrected chi connectivity index (χ3v) is 3.66. The first-order chi connectivity index (χ1) is 9.80. The Bertz CT molecular complexity index is 602. The minimum absolute atomic E-state index is 0.130. The summed E-state index contributed by atoms with van der Waals surface area (Å²) >= 11 is 0. The number of anilines is 1. The molecule has 4 nitrogen and oxygen atoms in total. The molecule has 4 heteroatoms. The van der Waals surface area contributed by atoms with E-state index in [4.69, 9.17) is 9.15 Å². The molecular weight excluding hydrogens is 264 g/mol. The standard InChI is InChI=1S/C17H26N2O2/c1-11(2)16-19-14-9-13(7-8-15(14)21-16)18-12(3)10-17(4,5)20-6/h7-9,11-12,18H,10H2,1-6H3. The molecule has 1 atom stereocenters. The zero-order valence-corrected chi connectivity index (χ0v) is 13.9. The molecule has 0 aliphatic carbocycles. The number of benzene rings is 1. The van der Waals surface area contributed by atoms with Crippen LogP contribution in [0.1, 0.15) is 52.8 Å². The van der Waals surface area contributed by atoms with Crippen LogP contribution in [0.5, 0.6) is 0 Å². The van der Waals surface area contributed by atoms with Crippen LogP contribution in [0.2, 0.25) is 0 Å². The van der Waals surface area contributed by atoms with E-state index < -0.39 is 0 Å². The maximum Gasteiger partial charge on any atom is 0.198 e. The highest BCUT2D eigenvalue weighted by Gasteiger charge is 2.20. The zero-order chi connectivity index (χ0) is 15.6. The number of rotatable bonds is 6. The summed E-state index contributed by atoms with van der Waals surface area (Å²) in [6, 6.07) is 6.37. The number of oxazole rings is 1. The topological polar surface area (TPSA) is 47.3 Å². The Morgan fingerprint density at radius 3 is 2.62 bits per heavy atom. The van der Waals surface area contributed by atoms with Gasteiger partial charge in [-0.25, -0.2) is 4.98 Å². The Morgan fingerprint density at radius 2 is 2.00 bits per heavy atom. The van der Waals surface area contributed by atoms with E-state index in [1.165, 1.54) is 0 Å². The van der Waals surface area contributed by atoms with Gasteiger partial charge in [0, 0.05) is 24.8 Å². The van der Waals surface area contributed by atoms with Crippen molar-refractivity contribution in [3.63, 3.8) is 0 Å². The van der Waals surface area contributed by atoms with Gasteiger partial charge in [-0.2, -0.15) is 0 Å². The summed E-state index contributed by atoms with van der Waals surface area (Å²) in [4.78, 5) is 4.54. The minimum atomic E-state index is -0.130. The minimum Gasteiger partial charge on any atom is -0.440 e. The van der Waals surface area contributed by atoms with Crippen molar-refractivity contribution < 1.29 is 9.15 Å². The van der Waals surface area contributed by atoms with Gasteiger partial charge in [-0.3, -0.25) is 0 Å². The van der Waals surface area contributed by atoms with E-state index in [1.807, 2.05) is 18.2 Å². The first-order valence-corrected chi connectivity index (χ1v) is 7.53. The number of nitrogens with zero attached hydrogens (tertiary/aromatic N) is 1. The summed E-state index contributed by atoms with van der Waals surface area (Å²) in [5, 5.41) is 3.50. The molecule has 0 saturated heterocycles. The molecule has 1 N–H and O–H groups in total. The van der Waals surface area contributed by atoms with Gasteiger partial charge < -0.3 is 14.5 Å². The fourth-order valence-corrected chi connectivity index (χ4v) is 2.44. The van der Waals surface area contributed by atoms with Crippen LogP contribution in [0.15, 0.2) is 22.6 Å². The van der Waals surface area contributed by atoms with E-state index in [-0.39, 0.29) is 5.60 Å². The van der Waals surface area contributed by atoms with Crippen molar-refractivity contribution in [1.29, 1.82) is 0 Å². The van der Waals surface area contributed by atoms with Gasteiger partial charge >= 0.3 is 0 Å². The van der Waals surface area contributed by atoms with Crippen LogP contribution >= 0.6 is 0 Å². The fourth-order valence-electron chi connectivity index (χ4n) is 2.44. The molecule has 0 bridgehead atoms. The zero-order valence-electron chi connectivity index (χ0n) is 13.9. The van der Waals surface area contributed by atoms with Crippen molar-refractivity contribution in [2.75, 3.05) is 12.4 Å². The Kier molecular flexibility index (Phi) is 4.57. The van der Waals surface area contributed by atoms with Crippen LogP contribution in [-0.2, 0) is 4.74 Å². The monoisotopic (exact) mass is 290 g/mol. The normalized spacial score (nSPS) is 13.9. The summed E-state index contributed by atoms with van der Waals surface area (Å²) in [7, 11) is 1.75. The molecule has 0 spiro atoms. The molecular formula is C17H26N2O2. The van der Waals surface area contributed by atoms with Crippen LogP contribution in [-0.4, -0.2) is 23.7 Å². The van der Waals surface area contributed by atoms with E-state index in [0.717, 1.165) is 29.1 Å². The van der Waals surface area contributed by atoms with Crippen LogP contribution in [0, 0.1) is 0 Å². The second kappa shape index (κ2) is 6.06. The molecule has 21 heavy (non-hydrogen) atoms. The average molecular weight is 290 g/mol. The quantitative estimate of drug-likeness (QED) is 0.846. The molecule has 116 valence electrons. The van der Waals surface area contributed by atoms with Gasteiger partial charge in [0.25, 0.3) is 0 Å². The first kappa shape index (κ1) is 15.8. The summed E-state index contributed by atoms with van der Waals surface area (Å²) in [5.74, 6) is 1.09. The van der Waals surface area contributed by atoms with Gasteiger partial charge in [-0.05, 0) is 45.4 Å². The third-order valence-electron chi connectivity index (χ3n) is 3.66. The summed E-state index contributed by atoms with van der Waals surface area (Å²) in [6.07, 6.45) is 0.928. The van der Waals surface area contributed by atoms with Crippen LogP contribution in [0.3, 0.4) is 0 Å². The van der Waals surface area contributed by atoms with E-state index in [0.29, 0.717) is 12.0 Å². The Labute approximate surface area is 126 Å². The lowest BCUT2D eigenvalue weighted by molar-refractivity contribution is 0.0128. The summed E-state index contributed by atoms with van der Waals surface area (Å²) in [5.41, 5.74) is 2.68. The van der Waals surface area contributed by atoms with E-state index in [2.05, 4.69) is 44.9 Å². The van der Waals surface area contributed by atoms with Crippen molar-refractivity contribution in [1.82, 2.24) is 4.98 Å². The lowest BCUT2D eigenvalue weighted by Gasteiger charge is -2.27. The lowest BCUT2D eigenvalue weighted by Crippen LogP contribution is -2.31. The maximum atomic E-state index is 5.73. The number of methoxy groups -OCH3 is 1. The van der Waals surface area contributed by atoms with Crippen molar-refractivity contribution in [3.05, 3.63) is 24.1 Å². The fraction of sp³-hybridized carbons (Fsp3) is 0.588. The summed E-state index contributed by atoms with van der Waals surface area (Å²) in [6.45, 7) is 10.5. The van der Waals surface area contributed by atoms with Gasteiger partial charge in [0.15, 0.2) is 11.5 Å². The molecule has 0 amide bonds. The molecule has 1 aromatic carbocycles. The predicted octanol–water partition coefficient (Wildman–Crippen LogP) is 4.57. The largest absolute Gasteiger partial charge is 0.440 e. The Hall–Kier alpha value is -1.55. The van der Waals surface area contributed by atoms with Crippen molar-refractivity contribution >= 4 is 16.8 Å². The molecule has 1 heterocycles. The number of hydrogen-bond acceptors (Lipinski definition) is 4. The van der Waals surface area contributed by atoms with Gasteiger partial charge in [-0.15, -0.1) is 0 Å². The molecule has 2 rings (SSSR count). The molecule has 1 aromatic heterocycles. The van der Waals surface area contributed by atoms with Crippen LogP contribution in [0.25, 0.3) is 11.1 Å². The second-order valence-electron chi connectivity index (χ2n) is 6.60. The number of fused-ring (bicyclic) bond motifs is 1. The number of aromatic nitrogens is 1. The highest BCUT2D eigenvalue weighted by molar-refractivity contribution is 5.77. The molecule has 0 radical (unpaired) electrons. The smallest absolute Gasteiger partial charge is 0.198 e. The van der Waals surface area contributed by atoms with Crippen LogP contribution < -0.4 is 5.32 Å². The number of hydrogen-bond donors (Lipinski definition) is 1. The second-order valence-corrected chi connectivity index (χ2v) is 6.60. The molecule has 0 fully saturated rings. The van der Waals surface area contributed by atoms with Gasteiger partial charge in [0.1, 0.15) is 5.52 Å². The van der Waals surface area contributed by atoms with E-state index in [9.17, 15) is 0 Å². The SMILES string of the molecule is COC(C)(C)CC(C)Nc1ccc2oc(C(C)C)nc2c1. The van der Waals surface area contributed by atoms with Gasteiger partial charge in [0.2, 0.25) is 0 Å². The van der Waals surface area contributed by atoms with Gasteiger partial charge in [0.05, 0.1) is 5.60 Å². The van der Waals surface area contributed by atoms with Crippen molar-refractivity contribution in [2.24, 2.45) is 0 Å². The predicted molar refractivity (Wildman–Crippen MR) is 86.9 cm³/mol.